The van der Waals surface area contributed by atoms with Gasteiger partial charge in [-0.3, -0.25) is 4.79 Å². The average Bonchev–Trinajstić information content (AvgIpc) is 2.93. The normalized spacial score (nSPS) is 15.0. The minimum Gasteiger partial charge on any atom is -0.426 e. The third-order valence-corrected chi connectivity index (χ3v) is 6.87. The SMILES string of the molecule is CC(C)C(=O)Oc1ccc(/C(=C(\CCCO)c2ccccc2)c2ccc(N3CCN(C)CC3)cc2)cc1. The van der Waals surface area contributed by atoms with E-state index < -0.39 is 0 Å². The number of hydrogen-bond acceptors (Lipinski definition) is 5. The molecule has 1 saturated heterocycles. The number of aliphatic hydroxyl groups is 1. The second kappa shape index (κ2) is 12.7. The maximum atomic E-state index is 12.1. The molecule has 0 radical (unpaired) electrons. The number of benzene rings is 3. The van der Waals surface area contributed by atoms with Crippen molar-refractivity contribution in [2.75, 3.05) is 44.7 Å². The fraction of sp³-hybridized carbons (Fsp3) is 0.344. The number of ether oxygens (including phenoxy) is 1. The van der Waals surface area contributed by atoms with Gasteiger partial charge in [-0.1, -0.05) is 68.4 Å². The molecular formula is C32H38N2O3. The Bertz CT molecular complexity index is 1180. The van der Waals surface area contributed by atoms with Gasteiger partial charge < -0.3 is 19.6 Å². The predicted molar refractivity (Wildman–Crippen MR) is 152 cm³/mol. The van der Waals surface area contributed by atoms with Gasteiger partial charge in [0, 0.05) is 38.5 Å². The molecule has 5 heteroatoms. The van der Waals surface area contributed by atoms with Gasteiger partial charge >= 0.3 is 5.97 Å². The highest BCUT2D eigenvalue weighted by Crippen LogP contribution is 2.36. The molecule has 4 rings (SSSR count). The van der Waals surface area contributed by atoms with Gasteiger partial charge in [0.2, 0.25) is 0 Å². The van der Waals surface area contributed by atoms with Crippen molar-refractivity contribution in [2.24, 2.45) is 5.92 Å². The van der Waals surface area contributed by atoms with Crippen molar-refractivity contribution in [3.8, 4) is 5.75 Å². The maximum Gasteiger partial charge on any atom is 0.313 e. The molecule has 1 heterocycles. The van der Waals surface area contributed by atoms with Crippen LogP contribution in [-0.4, -0.2) is 55.8 Å². The summed E-state index contributed by atoms with van der Waals surface area (Å²) in [6.07, 6.45) is 1.43. The lowest BCUT2D eigenvalue weighted by Gasteiger charge is -2.34. The Hall–Kier alpha value is -3.41. The molecule has 1 aliphatic rings. The Morgan fingerprint density at radius 2 is 1.43 bits per heavy atom. The van der Waals surface area contributed by atoms with Gasteiger partial charge in [-0.25, -0.2) is 0 Å². The highest BCUT2D eigenvalue weighted by atomic mass is 16.5. The molecule has 5 nitrogen and oxygen atoms in total. The van der Waals surface area contributed by atoms with E-state index in [0.717, 1.165) is 54.9 Å². The number of anilines is 1. The fourth-order valence-corrected chi connectivity index (χ4v) is 4.65. The molecule has 194 valence electrons. The number of aliphatic hydroxyl groups excluding tert-OH is 1. The van der Waals surface area contributed by atoms with Crippen LogP contribution in [0.3, 0.4) is 0 Å². The first-order valence-corrected chi connectivity index (χ1v) is 13.2. The predicted octanol–water partition coefficient (Wildman–Crippen LogP) is 5.73. The minimum absolute atomic E-state index is 0.135. The number of esters is 1. The van der Waals surface area contributed by atoms with Gasteiger partial charge in [-0.2, -0.15) is 0 Å². The summed E-state index contributed by atoms with van der Waals surface area (Å²) in [4.78, 5) is 16.9. The van der Waals surface area contributed by atoms with Crippen LogP contribution in [0.25, 0.3) is 11.1 Å². The van der Waals surface area contributed by atoms with Gasteiger partial charge in [0.15, 0.2) is 0 Å². The summed E-state index contributed by atoms with van der Waals surface area (Å²) in [7, 11) is 2.17. The van der Waals surface area contributed by atoms with E-state index in [1.807, 2.05) is 44.2 Å². The average molecular weight is 499 g/mol. The Morgan fingerprint density at radius 1 is 0.838 bits per heavy atom. The first kappa shape index (κ1) is 26.6. The van der Waals surface area contributed by atoms with Gasteiger partial charge in [0.25, 0.3) is 0 Å². The van der Waals surface area contributed by atoms with Crippen molar-refractivity contribution in [2.45, 2.75) is 26.7 Å². The van der Waals surface area contributed by atoms with Crippen molar-refractivity contribution in [3.05, 3.63) is 95.6 Å². The van der Waals surface area contributed by atoms with E-state index in [4.69, 9.17) is 4.74 Å². The van der Waals surface area contributed by atoms with Crippen molar-refractivity contribution >= 4 is 22.8 Å². The molecule has 37 heavy (non-hydrogen) atoms. The van der Waals surface area contributed by atoms with Crippen LogP contribution in [0, 0.1) is 5.92 Å². The Labute approximate surface area is 221 Å². The van der Waals surface area contributed by atoms with Gasteiger partial charge in [-0.15, -0.1) is 0 Å². The number of rotatable bonds is 9. The van der Waals surface area contributed by atoms with E-state index in [-0.39, 0.29) is 18.5 Å². The summed E-state index contributed by atoms with van der Waals surface area (Å²) in [6, 6.07) is 27.0. The van der Waals surface area contributed by atoms with Gasteiger partial charge in [0.1, 0.15) is 5.75 Å². The van der Waals surface area contributed by atoms with Crippen LogP contribution in [0.5, 0.6) is 5.75 Å². The second-order valence-corrected chi connectivity index (χ2v) is 9.98. The van der Waals surface area contributed by atoms with Crippen LogP contribution < -0.4 is 9.64 Å². The van der Waals surface area contributed by atoms with Crippen LogP contribution >= 0.6 is 0 Å². The molecule has 0 atom stereocenters. The first-order chi connectivity index (χ1) is 18.0. The molecule has 0 bridgehead atoms. The smallest absolute Gasteiger partial charge is 0.313 e. The zero-order chi connectivity index (χ0) is 26.2. The largest absolute Gasteiger partial charge is 0.426 e. The summed E-state index contributed by atoms with van der Waals surface area (Å²) in [5.41, 5.74) is 6.88. The molecule has 1 N–H and O–H groups in total. The summed E-state index contributed by atoms with van der Waals surface area (Å²) >= 11 is 0. The number of carbonyl (C=O) groups is 1. The summed E-state index contributed by atoms with van der Waals surface area (Å²) < 4.78 is 5.52. The number of likely N-dealkylation sites (N-methyl/N-ethyl adjacent to an activating group) is 1. The lowest BCUT2D eigenvalue weighted by atomic mass is 9.87. The molecule has 3 aromatic carbocycles. The van der Waals surface area contributed by atoms with Gasteiger partial charge in [0.05, 0.1) is 5.92 Å². The third kappa shape index (κ3) is 6.88. The van der Waals surface area contributed by atoms with Crippen LogP contribution in [0.2, 0.25) is 0 Å². The highest BCUT2D eigenvalue weighted by molar-refractivity contribution is 5.99. The fourth-order valence-electron chi connectivity index (χ4n) is 4.65. The van der Waals surface area contributed by atoms with E-state index >= 15 is 0 Å². The molecule has 1 fully saturated rings. The zero-order valence-electron chi connectivity index (χ0n) is 22.2. The Kier molecular flexibility index (Phi) is 9.15. The lowest BCUT2D eigenvalue weighted by molar-refractivity contribution is -0.137. The number of hydrogen-bond donors (Lipinski definition) is 1. The molecule has 0 amide bonds. The maximum absolute atomic E-state index is 12.1. The van der Waals surface area contributed by atoms with Crippen molar-refractivity contribution in [3.63, 3.8) is 0 Å². The van der Waals surface area contributed by atoms with Crippen LogP contribution in [0.15, 0.2) is 78.9 Å². The molecule has 0 unspecified atom stereocenters. The third-order valence-electron chi connectivity index (χ3n) is 6.87. The Morgan fingerprint density at radius 3 is 2.00 bits per heavy atom. The number of carbonyl (C=O) groups excluding carboxylic acids is 1. The molecule has 0 spiro atoms. The topological polar surface area (TPSA) is 53.0 Å². The van der Waals surface area contributed by atoms with E-state index in [1.54, 1.807) is 0 Å². The van der Waals surface area contributed by atoms with Crippen molar-refractivity contribution in [1.82, 2.24) is 4.90 Å². The molecule has 0 saturated carbocycles. The molecular weight excluding hydrogens is 460 g/mol. The summed E-state index contributed by atoms with van der Waals surface area (Å²) in [5.74, 6) is 0.122. The number of piperazine rings is 1. The minimum atomic E-state index is -0.240. The van der Waals surface area contributed by atoms with E-state index in [9.17, 15) is 9.90 Å². The zero-order valence-corrected chi connectivity index (χ0v) is 22.2. The van der Waals surface area contributed by atoms with Crippen molar-refractivity contribution < 1.29 is 14.6 Å². The van der Waals surface area contributed by atoms with Crippen LogP contribution in [-0.2, 0) is 4.79 Å². The summed E-state index contributed by atoms with van der Waals surface area (Å²) in [6.45, 7) is 7.99. The van der Waals surface area contributed by atoms with Gasteiger partial charge in [-0.05, 0) is 72.0 Å². The number of allylic oxidation sites excluding steroid dienone is 1. The molecule has 1 aliphatic heterocycles. The number of nitrogens with zero attached hydrogens (tertiary/aromatic N) is 2. The second-order valence-electron chi connectivity index (χ2n) is 9.98. The molecule has 0 aliphatic carbocycles. The van der Waals surface area contributed by atoms with Crippen molar-refractivity contribution in [1.29, 1.82) is 0 Å². The lowest BCUT2D eigenvalue weighted by Crippen LogP contribution is -2.44. The van der Waals surface area contributed by atoms with E-state index in [0.29, 0.717) is 12.2 Å². The van der Waals surface area contributed by atoms with E-state index in [1.165, 1.54) is 11.3 Å². The quantitative estimate of drug-likeness (QED) is 0.232. The summed E-state index contributed by atoms with van der Waals surface area (Å²) in [5, 5.41) is 9.67. The first-order valence-electron chi connectivity index (χ1n) is 13.2. The monoisotopic (exact) mass is 498 g/mol. The highest BCUT2D eigenvalue weighted by Gasteiger charge is 2.18. The Balaban J connectivity index is 1.75. The van der Waals surface area contributed by atoms with Crippen LogP contribution in [0.1, 0.15) is 43.4 Å². The molecule has 0 aromatic heterocycles. The van der Waals surface area contributed by atoms with Crippen LogP contribution in [0.4, 0.5) is 5.69 Å². The standard InChI is InChI=1S/C32H38N2O3/c1-24(2)32(36)37-29-17-13-27(14-18-29)31(30(10-7-23-35)25-8-5-4-6-9-25)26-11-15-28(16-12-26)34-21-19-33(3)20-22-34/h4-6,8-9,11-18,24,35H,7,10,19-23H2,1-3H3/b31-30+. The molecule has 3 aromatic rings. The van der Waals surface area contributed by atoms with E-state index in [2.05, 4.69) is 65.4 Å².